The van der Waals surface area contributed by atoms with Gasteiger partial charge in [0.15, 0.2) is 18.1 Å². The molecule has 0 bridgehead atoms. The molecule has 0 spiro atoms. The fourth-order valence-electron chi connectivity index (χ4n) is 3.38. The van der Waals surface area contributed by atoms with Gasteiger partial charge in [-0.15, -0.1) is 11.3 Å². The molecule has 1 heterocycles. The maximum Gasteiger partial charge on any atom is 0.341 e. The van der Waals surface area contributed by atoms with Crippen LogP contribution in [0.5, 0.6) is 17.2 Å². The van der Waals surface area contributed by atoms with E-state index in [1.165, 1.54) is 18.4 Å². The van der Waals surface area contributed by atoms with Crippen LogP contribution in [0.15, 0.2) is 34.1 Å². The topological polar surface area (TPSA) is 83.1 Å². The molecule has 35 heavy (non-hydrogen) atoms. The molecule has 0 saturated carbocycles. The number of methoxy groups -OCH3 is 2. The molecule has 3 aromatic rings. The molecule has 2 aromatic carbocycles. The number of hydrogen-bond acceptors (Lipinski definition) is 7. The summed E-state index contributed by atoms with van der Waals surface area (Å²) in [5.41, 5.74) is 3.25. The van der Waals surface area contributed by atoms with Crippen molar-refractivity contribution in [3.8, 4) is 28.4 Å². The number of halogens is 2. The lowest BCUT2D eigenvalue weighted by Crippen LogP contribution is -2.21. The summed E-state index contributed by atoms with van der Waals surface area (Å²) in [5, 5.41) is 5.56. The molecular weight excluding hydrogens is 558 g/mol. The van der Waals surface area contributed by atoms with Gasteiger partial charge in [-0.3, -0.25) is 4.79 Å². The molecular formula is C25H25BrClNO6S. The normalized spacial score (nSPS) is 10.6. The molecule has 7 nitrogen and oxygen atoms in total. The first kappa shape index (κ1) is 26.8. The summed E-state index contributed by atoms with van der Waals surface area (Å²) < 4.78 is 22.4. The second-order valence-corrected chi connectivity index (χ2v) is 9.48. The largest absolute Gasteiger partial charge is 0.493 e. The van der Waals surface area contributed by atoms with Crippen molar-refractivity contribution in [2.24, 2.45) is 0 Å². The van der Waals surface area contributed by atoms with E-state index in [0.717, 1.165) is 16.7 Å². The molecule has 0 aliphatic rings. The van der Waals surface area contributed by atoms with Gasteiger partial charge in [-0.2, -0.15) is 0 Å². The lowest BCUT2D eigenvalue weighted by molar-refractivity contribution is -0.118. The summed E-state index contributed by atoms with van der Waals surface area (Å²) in [6.07, 6.45) is 0. The van der Waals surface area contributed by atoms with E-state index in [-0.39, 0.29) is 18.8 Å². The average molecular weight is 583 g/mol. The predicted octanol–water partition coefficient (Wildman–Crippen LogP) is 6.66. The molecule has 186 valence electrons. The Bertz CT molecular complexity index is 1260. The van der Waals surface area contributed by atoms with Crippen molar-refractivity contribution in [3.63, 3.8) is 0 Å². The molecule has 0 aliphatic heterocycles. The Morgan fingerprint density at radius 2 is 1.80 bits per heavy atom. The second-order valence-electron chi connectivity index (χ2n) is 7.43. The number of carbonyl (C=O) groups excluding carboxylic acids is 2. The Labute approximate surface area is 221 Å². The first-order valence-electron chi connectivity index (χ1n) is 10.6. The molecule has 0 unspecified atom stereocenters. The number of hydrogen-bond donors (Lipinski definition) is 1. The van der Waals surface area contributed by atoms with Crippen molar-refractivity contribution in [2.45, 2.75) is 20.8 Å². The Morgan fingerprint density at radius 3 is 2.46 bits per heavy atom. The number of aryl methyl sites for hydroxylation is 1. The predicted molar refractivity (Wildman–Crippen MR) is 142 cm³/mol. The molecule has 1 N–H and O–H groups in total. The summed E-state index contributed by atoms with van der Waals surface area (Å²) in [6.45, 7) is 5.38. The SMILES string of the molecule is CCOC(=O)c1c(-c2ccc(OC)c(OC)c2)csc1NC(=O)COc1cc(C)c(Cl)c(C)c1Br. The van der Waals surface area contributed by atoms with E-state index >= 15 is 0 Å². The summed E-state index contributed by atoms with van der Waals surface area (Å²) in [4.78, 5) is 25.6. The number of anilines is 1. The van der Waals surface area contributed by atoms with Crippen LogP contribution in [-0.2, 0) is 9.53 Å². The van der Waals surface area contributed by atoms with E-state index in [2.05, 4.69) is 21.2 Å². The zero-order chi connectivity index (χ0) is 25.7. The van der Waals surface area contributed by atoms with Crippen LogP contribution in [0, 0.1) is 13.8 Å². The number of ether oxygens (including phenoxy) is 4. The van der Waals surface area contributed by atoms with Gasteiger partial charge in [-0.1, -0.05) is 17.7 Å². The highest BCUT2D eigenvalue weighted by Crippen LogP contribution is 2.40. The van der Waals surface area contributed by atoms with Gasteiger partial charge < -0.3 is 24.3 Å². The highest BCUT2D eigenvalue weighted by atomic mass is 79.9. The van der Waals surface area contributed by atoms with E-state index in [1.807, 2.05) is 19.9 Å². The highest BCUT2D eigenvalue weighted by molar-refractivity contribution is 9.10. The fraction of sp³-hybridized carbons (Fsp3) is 0.280. The van der Waals surface area contributed by atoms with Gasteiger partial charge in [-0.05, 0) is 71.6 Å². The molecule has 0 atom stereocenters. The summed E-state index contributed by atoms with van der Waals surface area (Å²) in [7, 11) is 3.09. The third kappa shape index (κ3) is 5.91. The number of carbonyl (C=O) groups is 2. The second kappa shape index (κ2) is 11.8. The number of rotatable bonds is 9. The zero-order valence-corrected chi connectivity index (χ0v) is 23.1. The van der Waals surface area contributed by atoms with E-state index < -0.39 is 11.9 Å². The fourth-order valence-corrected chi connectivity index (χ4v) is 5.05. The van der Waals surface area contributed by atoms with Crippen LogP contribution >= 0.6 is 38.9 Å². The van der Waals surface area contributed by atoms with Gasteiger partial charge in [0.2, 0.25) is 0 Å². The van der Waals surface area contributed by atoms with Gasteiger partial charge in [-0.25, -0.2) is 4.79 Å². The minimum absolute atomic E-state index is 0.194. The monoisotopic (exact) mass is 581 g/mol. The van der Waals surface area contributed by atoms with E-state index in [1.54, 1.807) is 37.6 Å². The summed E-state index contributed by atoms with van der Waals surface area (Å²) >= 11 is 10.9. The van der Waals surface area contributed by atoms with Gasteiger partial charge >= 0.3 is 5.97 Å². The van der Waals surface area contributed by atoms with Crippen molar-refractivity contribution in [3.05, 3.63) is 55.8 Å². The van der Waals surface area contributed by atoms with E-state index in [9.17, 15) is 9.59 Å². The van der Waals surface area contributed by atoms with Gasteiger partial charge in [0, 0.05) is 16.0 Å². The van der Waals surface area contributed by atoms with Crippen LogP contribution in [0.2, 0.25) is 5.02 Å². The van der Waals surface area contributed by atoms with Crippen LogP contribution in [0.3, 0.4) is 0 Å². The number of thiophene rings is 1. The summed E-state index contributed by atoms with van der Waals surface area (Å²) in [6, 6.07) is 7.09. The number of amides is 1. The molecule has 1 amide bonds. The first-order chi connectivity index (χ1) is 16.7. The Balaban J connectivity index is 1.87. The molecule has 0 radical (unpaired) electrons. The molecule has 3 rings (SSSR count). The van der Waals surface area contributed by atoms with Gasteiger partial charge in [0.25, 0.3) is 5.91 Å². The van der Waals surface area contributed by atoms with Gasteiger partial charge in [0.05, 0.1) is 25.3 Å². The van der Waals surface area contributed by atoms with Crippen LogP contribution in [0.1, 0.15) is 28.4 Å². The molecule has 0 fully saturated rings. The zero-order valence-electron chi connectivity index (χ0n) is 19.9. The minimum atomic E-state index is -0.540. The van der Waals surface area contributed by atoms with Crippen LogP contribution in [0.25, 0.3) is 11.1 Å². The van der Waals surface area contributed by atoms with Crippen molar-refractivity contribution in [1.29, 1.82) is 0 Å². The average Bonchev–Trinajstić information content (AvgIpc) is 3.27. The number of esters is 1. The van der Waals surface area contributed by atoms with Gasteiger partial charge in [0.1, 0.15) is 16.3 Å². The van der Waals surface area contributed by atoms with Crippen LogP contribution < -0.4 is 19.5 Å². The Hall–Kier alpha value is -2.75. The maximum atomic E-state index is 12.8. The van der Waals surface area contributed by atoms with E-state index in [4.69, 9.17) is 30.5 Å². The van der Waals surface area contributed by atoms with Crippen molar-refractivity contribution in [2.75, 3.05) is 32.8 Å². The van der Waals surface area contributed by atoms with Crippen LogP contribution in [0.4, 0.5) is 5.00 Å². The van der Waals surface area contributed by atoms with Crippen LogP contribution in [-0.4, -0.2) is 39.3 Å². The minimum Gasteiger partial charge on any atom is -0.493 e. The molecule has 1 aromatic heterocycles. The van der Waals surface area contributed by atoms with E-state index in [0.29, 0.717) is 37.3 Å². The van der Waals surface area contributed by atoms with Crippen molar-refractivity contribution >= 4 is 55.7 Å². The molecule has 0 saturated heterocycles. The first-order valence-corrected chi connectivity index (χ1v) is 12.7. The Morgan fingerprint density at radius 1 is 1.09 bits per heavy atom. The number of nitrogens with one attached hydrogen (secondary N) is 1. The lowest BCUT2D eigenvalue weighted by Gasteiger charge is -2.13. The summed E-state index contributed by atoms with van der Waals surface area (Å²) in [5.74, 6) is 0.620. The van der Waals surface area contributed by atoms with Crippen molar-refractivity contribution in [1.82, 2.24) is 0 Å². The standard InChI is InChI=1S/C25H25BrClNO6S/c1-6-33-25(30)21-16(15-7-8-17(31-4)18(10-15)32-5)12-35-24(21)28-20(29)11-34-19-9-13(2)23(27)14(3)22(19)26/h7-10,12H,6,11H2,1-5H3,(H,28,29). The van der Waals surface area contributed by atoms with Crippen molar-refractivity contribution < 1.29 is 28.5 Å². The maximum absolute atomic E-state index is 12.8. The number of benzene rings is 2. The molecule has 0 aliphatic carbocycles. The third-order valence-corrected chi connectivity index (χ3v) is 7.61. The quantitative estimate of drug-likeness (QED) is 0.284. The highest BCUT2D eigenvalue weighted by Gasteiger charge is 2.24. The third-order valence-electron chi connectivity index (χ3n) is 5.15. The Kier molecular flexibility index (Phi) is 9.04. The molecule has 10 heteroatoms. The smallest absolute Gasteiger partial charge is 0.341 e. The lowest BCUT2D eigenvalue weighted by atomic mass is 10.0.